The number of Topliss-reactive ketones (excluding diaryl/α,β-unsaturated/α-hetero) is 1. The number of phenols is 1. The van der Waals surface area contributed by atoms with E-state index in [9.17, 15) is 18.7 Å². The second kappa shape index (κ2) is 6.85. The summed E-state index contributed by atoms with van der Waals surface area (Å²) in [6.45, 7) is 1.94. The van der Waals surface area contributed by atoms with Gasteiger partial charge in [0, 0.05) is 6.42 Å². The van der Waals surface area contributed by atoms with Gasteiger partial charge in [0.25, 0.3) is 0 Å². The van der Waals surface area contributed by atoms with Crippen molar-refractivity contribution in [3.05, 3.63) is 89.0 Å². The van der Waals surface area contributed by atoms with Gasteiger partial charge in [0.1, 0.15) is 17.4 Å². The van der Waals surface area contributed by atoms with Crippen molar-refractivity contribution in [1.82, 2.24) is 0 Å². The molecule has 3 rings (SSSR count). The van der Waals surface area contributed by atoms with Crippen molar-refractivity contribution < 1.29 is 18.7 Å². The average Bonchev–Trinajstić information content (AvgIpc) is 2.58. The molecule has 0 amide bonds. The molecule has 3 aromatic carbocycles. The van der Waals surface area contributed by atoms with Crippen LogP contribution in [0.15, 0.2) is 60.7 Å². The summed E-state index contributed by atoms with van der Waals surface area (Å²) in [5.74, 6) is -2.12. The molecule has 126 valence electrons. The maximum atomic E-state index is 13.7. The third kappa shape index (κ3) is 3.58. The zero-order valence-electron chi connectivity index (χ0n) is 13.6. The lowest BCUT2D eigenvalue weighted by molar-refractivity contribution is 0.0985. The third-order valence-electron chi connectivity index (χ3n) is 4.09. The summed E-state index contributed by atoms with van der Waals surface area (Å²) >= 11 is 0. The van der Waals surface area contributed by atoms with E-state index in [1.807, 2.05) is 25.1 Å². The number of ketones is 1. The Morgan fingerprint density at radius 3 is 2.24 bits per heavy atom. The summed E-state index contributed by atoms with van der Waals surface area (Å²) < 4.78 is 27.4. The highest BCUT2D eigenvalue weighted by molar-refractivity contribution is 5.98. The standard InChI is InChI=1S/C21H16F2O2/c1-13-5-10-16(24)12-17(13)15-8-6-14(7-9-15)11-20(25)21-18(22)3-2-4-19(21)23/h2-10,12,24H,11H2,1H3. The summed E-state index contributed by atoms with van der Waals surface area (Å²) in [4.78, 5) is 12.2. The summed E-state index contributed by atoms with van der Waals surface area (Å²) in [6.07, 6.45) is -0.0862. The van der Waals surface area contributed by atoms with E-state index < -0.39 is 23.0 Å². The fourth-order valence-electron chi connectivity index (χ4n) is 2.76. The summed E-state index contributed by atoms with van der Waals surface area (Å²) in [5, 5.41) is 9.63. The van der Waals surface area contributed by atoms with Crippen LogP contribution in [0.4, 0.5) is 8.78 Å². The number of carbonyl (C=O) groups excluding carboxylic acids is 1. The summed E-state index contributed by atoms with van der Waals surface area (Å²) in [5.41, 5.74) is 2.94. The first-order valence-corrected chi connectivity index (χ1v) is 7.82. The monoisotopic (exact) mass is 338 g/mol. The Morgan fingerprint density at radius 2 is 1.60 bits per heavy atom. The number of benzene rings is 3. The van der Waals surface area contributed by atoms with Crippen molar-refractivity contribution in [1.29, 1.82) is 0 Å². The van der Waals surface area contributed by atoms with Crippen LogP contribution >= 0.6 is 0 Å². The van der Waals surface area contributed by atoms with Crippen LogP contribution in [-0.4, -0.2) is 10.9 Å². The molecule has 0 fully saturated rings. The zero-order chi connectivity index (χ0) is 18.0. The number of aromatic hydroxyl groups is 1. The molecule has 0 saturated carbocycles. The number of phenolic OH excluding ortho intramolecular Hbond substituents is 1. The SMILES string of the molecule is Cc1ccc(O)cc1-c1ccc(CC(=O)c2c(F)cccc2F)cc1. The molecular formula is C21H16F2O2. The van der Waals surface area contributed by atoms with Crippen LogP contribution in [0.5, 0.6) is 5.75 Å². The Morgan fingerprint density at radius 1 is 0.960 bits per heavy atom. The molecule has 0 bridgehead atoms. The van der Waals surface area contributed by atoms with Gasteiger partial charge in [0.2, 0.25) is 0 Å². The van der Waals surface area contributed by atoms with E-state index in [1.54, 1.807) is 24.3 Å². The van der Waals surface area contributed by atoms with Gasteiger partial charge in [-0.15, -0.1) is 0 Å². The van der Waals surface area contributed by atoms with E-state index in [0.29, 0.717) is 5.56 Å². The molecule has 3 aromatic rings. The van der Waals surface area contributed by atoms with E-state index in [0.717, 1.165) is 28.8 Å². The van der Waals surface area contributed by atoms with E-state index in [-0.39, 0.29) is 12.2 Å². The fraction of sp³-hybridized carbons (Fsp3) is 0.0952. The predicted molar refractivity (Wildman–Crippen MR) is 92.7 cm³/mol. The van der Waals surface area contributed by atoms with E-state index in [4.69, 9.17) is 0 Å². The largest absolute Gasteiger partial charge is 0.508 e. The maximum absolute atomic E-state index is 13.7. The molecule has 0 spiro atoms. The Bertz CT molecular complexity index is 911. The normalized spacial score (nSPS) is 10.7. The molecule has 0 aliphatic carbocycles. The topological polar surface area (TPSA) is 37.3 Å². The highest BCUT2D eigenvalue weighted by Crippen LogP contribution is 2.27. The van der Waals surface area contributed by atoms with E-state index in [2.05, 4.69) is 0 Å². The predicted octanol–water partition coefficient (Wildman–Crippen LogP) is 5.07. The number of rotatable bonds is 4. The quantitative estimate of drug-likeness (QED) is 0.674. The van der Waals surface area contributed by atoms with Crippen LogP contribution in [0.1, 0.15) is 21.5 Å². The third-order valence-corrected chi connectivity index (χ3v) is 4.09. The fourth-order valence-corrected chi connectivity index (χ4v) is 2.76. The van der Waals surface area contributed by atoms with E-state index >= 15 is 0 Å². The van der Waals surface area contributed by atoms with Crippen molar-refractivity contribution in [3.63, 3.8) is 0 Å². The van der Waals surface area contributed by atoms with E-state index in [1.165, 1.54) is 6.07 Å². The molecule has 25 heavy (non-hydrogen) atoms. The maximum Gasteiger partial charge on any atom is 0.173 e. The molecule has 0 atom stereocenters. The number of aryl methyl sites for hydroxylation is 1. The first-order chi connectivity index (χ1) is 12.0. The van der Waals surface area contributed by atoms with Gasteiger partial charge >= 0.3 is 0 Å². The van der Waals surface area contributed by atoms with Crippen LogP contribution < -0.4 is 0 Å². The Balaban J connectivity index is 1.84. The van der Waals surface area contributed by atoms with Gasteiger partial charge < -0.3 is 5.11 Å². The summed E-state index contributed by atoms with van der Waals surface area (Å²) in [6, 6.07) is 15.6. The highest BCUT2D eigenvalue weighted by Gasteiger charge is 2.17. The van der Waals surface area contributed by atoms with Crippen LogP contribution in [-0.2, 0) is 6.42 Å². The van der Waals surface area contributed by atoms with Gasteiger partial charge in [0.05, 0.1) is 5.56 Å². The van der Waals surface area contributed by atoms with Crippen LogP contribution in [0.2, 0.25) is 0 Å². The van der Waals surface area contributed by atoms with Gasteiger partial charge in [-0.3, -0.25) is 4.79 Å². The van der Waals surface area contributed by atoms with Gasteiger partial charge in [-0.05, 0) is 53.4 Å². The lowest BCUT2D eigenvalue weighted by Gasteiger charge is -2.08. The molecule has 0 saturated heterocycles. The number of carbonyl (C=O) groups is 1. The van der Waals surface area contributed by atoms with Crippen molar-refractivity contribution in [2.75, 3.05) is 0 Å². The summed E-state index contributed by atoms with van der Waals surface area (Å²) in [7, 11) is 0. The average molecular weight is 338 g/mol. The smallest absolute Gasteiger partial charge is 0.173 e. The molecule has 0 aromatic heterocycles. The van der Waals surface area contributed by atoms with Crippen molar-refractivity contribution in [2.45, 2.75) is 13.3 Å². The zero-order valence-corrected chi connectivity index (χ0v) is 13.6. The minimum atomic E-state index is -0.850. The molecule has 2 nitrogen and oxygen atoms in total. The lowest BCUT2D eigenvalue weighted by Crippen LogP contribution is -2.09. The molecular weight excluding hydrogens is 322 g/mol. The molecule has 4 heteroatoms. The molecule has 0 unspecified atom stereocenters. The lowest BCUT2D eigenvalue weighted by atomic mass is 9.97. The van der Waals surface area contributed by atoms with Gasteiger partial charge in [-0.1, -0.05) is 36.4 Å². The Hall–Kier alpha value is -3.01. The van der Waals surface area contributed by atoms with Crippen molar-refractivity contribution >= 4 is 5.78 Å². The van der Waals surface area contributed by atoms with Crippen molar-refractivity contribution in [3.8, 4) is 16.9 Å². The number of hydrogen-bond acceptors (Lipinski definition) is 2. The first-order valence-electron chi connectivity index (χ1n) is 7.82. The molecule has 0 aliphatic heterocycles. The number of halogens is 2. The minimum Gasteiger partial charge on any atom is -0.508 e. The van der Waals surface area contributed by atoms with Gasteiger partial charge in [-0.2, -0.15) is 0 Å². The Kier molecular flexibility index (Phi) is 4.61. The highest BCUT2D eigenvalue weighted by atomic mass is 19.1. The van der Waals surface area contributed by atoms with Gasteiger partial charge in [0.15, 0.2) is 5.78 Å². The van der Waals surface area contributed by atoms with Crippen LogP contribution in [0.25, 0.3) is 11.1 Å². The Labute approximate surface area is 144 Å². The second-order valence-corrected chi connectivity index (χ2v) is 5.89. The van der Waals surface area contributed by atoms with Gasteiger partial charge in [-0.25, -0.2) is 8.78 Å². The molecule has 0 heterocycles. The molecule has 0 aliphatic rings. The first kappa shape index (κ1) is 16.8. The van der Waals surface area contributed by atoms with Crippen LogP contribution in [0.3, 0.4) is 0 Å². The number of hydrogen-bond donors (Lipinski definition) is 1. The minimum absolute atomic E-state index is 0.0862. The van der Waals surface area contributed by atoms with Crippen LogP contribution in [0, 0.1) is 18.6 Å². The molecule has 0 radical (unpaired) electrons. The molecule has 1 N–H and O–H groups in total. The van der Waals surface area contributed by atoms with Crippen molar-refractivity contribution in [2.24, 2.45) is 0 Å². The second-order valence-electron chi connectivity index (χ2n) is 5.89.